The number of Topliss-reactive ketones (excluding diaryl/α,β-unsaturated/α-hetero) is 1. The third-order valence-electron chi connectivity index (χ3n) is 5.54. The fourth-order valence-electron chi connectivity index (χ4n) is 4.10. The van der Waals surface area contributed by atoms with Crippen molar-refractivity contribution in [2.75, 3.05) is 0 Å². The molecule has 0 unspecified atom stereocenters. The summed E-state index contributed by atoms with van der Waals surface area (Å²) in [6.07, 6.45) is 0.907. The largest absolute Gasteiger partial charge is 0.364 e. The van der Waals surface area contributed by atoms with Crippen molar-refractivity contribution in [2.45, 2.75) is 26.3 Å². The third kappa shape index (κ3) is 4.19. The Bertz CT molecular complexity index is 1440. The van der Waals surface area contributed by atoms with Crippen LogP contribution in [0.25, 0.3) is 21.9 Å². The zero-order valence-electron chi connectivity index (χ0n) is 18.3. The standard InChI is InChI=1S/C25H23ClN4O3/c1-3-7-21(31)23-22(15-8-5-4-6-9-15)19-12-16(26)10-11-18(19)25(33)30(23)14-17-13-20(24(27)32)29(2)28-17/h4-6,8-13H,3,7,14H2,1-2H3,(H2,27,32). The van der Waals surface area contributed by atoms with E-state index < -0.39 is 5.91 Å². The molecule has 4 aromatic rings. The normalized spacial score (nSPS) is 11.1. The number of hydrogen-bond acceptors (Lipinski definition) is 4. The van der Waals surface area contributed by atoms with Gasteiger partial charge in [-0.25, -0.2) is 0 Å². The number of nitrogens with two attached hydrogens (primary N) is 1. The first-order valence-corrected chi connectivity index (χ1v) is 11.0. The van der Waals surface area contributed by atoms with E-state index in [9.17, 15) is 14.4 Å². The summed E-state index contributed by atoms with van der Waals surface area (Å²) in [5, 5.41) is 5.87. The van der Waals surface area contributed by atoms with Gasteiger partial charge in [0, 0.05) is 29.4 Å². The predicted octanol–water partition coefficient (Wildman–Crippen LogP) is 4.19. The molecule has 0 aliphatic rings. The van der Waals surface area contributed by atoms with Crippen LogP contribution in [-0.2, 0) is 13.6 Å². The topological polar surface area (TPSA) is 100.0 Å². The minimum absolute atomic E-state index is 0.0170. The molecule has 2 heterocycles. The van der Waals surface area contributed by atoms with Gasteiger partial charge in [0.1, 0.15) is 5.69 Å². The van der Waals surface area contributed by atoms with E-state index in [-0.39, 0.29) is 30.0 Å². The Morgan fingerprint density at radius 1 is 1.06 bits per heavy atom. The number of primary amides is 1. The van der Waals surface area contributed by atoms with Crippen LogP contribution in [0.5, 0.6) is 0 Å². The smallest absolute Gasteiger partial charge is 0.266 e. The fourth-order valence-corrected chi connectivity index (χ4v) is 4.27. The number of pyridine rings is 1. The maximum Gasteiger partial charge on any atom is 0.266 e. The quantitative estimate of drug-likeness (QED) is 0.416. The van der Waals surface area contributed by atoms with E-state index >= 15 is 0 Å². The van der Waals surface area contributed by atoms with Gasteiger partial charge in [0.15, 0.2) is 5.78 Å². The van der Waals surface area contributed by atoms with Crippen molar-refractivity contribution < 1.29 is 9.59 Å². The summed E-state index contributed by atoms with van der Waals surface area (Å²) >= 11 is 6.29. The molecule has 0 saturated heterocycles. The average molecular weight is 463 g/mol. The van der Waals surface area contributed by atoms with E-state index in [1.54, 1.807) is 25.2 Å². The molecule has 2 N–H and O–H groups in total. The molecule has 0 aliphatic heterocycles. The van der Waals surface area contributed by atoms with Gasteiger partial charge in [0.2, 0.25) is 0 Å². The van der Waals surface area contributed by atoms with Crippen molar-refractivity contribution in [3.05, 3.63) is 87.1 Å². The van der Waals surface area contributed by atoms with Crippen LogP contribution in [0, 0.1) is 0 Å². The number of carbonyl (C=O) groups is 2. The number of amides is 1. The summed E-state index contributed by atoms with van der Waals surface area (Å²) in [5.41, 5.74) is 7.52. The number of aromatic nitrogens is 3. The SMILES string of the molecule is CCCC(=O)c1c(-c2ccccc2)c2cc(Cl)ccc2c(=O)n1Cc1cc(C(N)=O)n(C)n1. The van der Waals surface area contributed by atoms with E-state index in [1.165, 1.54) is 15.3 Å². The first-order valence-electron chi connectivity index (χ1n) is 10.6. The molecule has 0 aliphatic carbocycles. The summed E-state index contributed by atoms with van der Waals surface area (Å²) in [4.78, 5) is 38.7. The summed E-state index contributed by atoms with van der Waals surface area (Å²) in [7, 11) is 1.60. The molecule has 0 atom stereocenters. The highest BCUT2D eigenvalue weighted by molar-refractivity contribution is 6.31. The average Bonchev–Trinajstić information content (AvgIpc) is 3.16. The highest BCUT2D eigenvalue weighted by atomic mass is 35.5. The van der Waals surface area contributed by atoms with Crippen LogP contribution in [0.3, 0.4) is 0 Å². The highest BCUT2D eigenvalue weighted by Crippen LogP contribution is 2.33. The first-order chi connectivity index (χ1) is 15.8. The number of rotatable bonds is 7. The van der Waals surface area contributed by atoms with E-state index in [2.05, 4.69) is 5.10 Å². The van der Waals surface area contributed by atoms with Gasteiger partial charge in [-0.05, 0) is 41.6 Å². The lowest BCUT2D eigenvalue weighted by molar-refractivity contribution is 0.0969. The lowest BCUT2D eigenvalue weighted by atomic mass is 9.94. The molecule has 168 valence electrons. The molecule has 2 aromatic carbocycles. The Labute approximate surface area is 195 Å². The minimum Gasteiger partial charge on any atom is -0.364 e. The van der Waals surface area contributed by atoms with Gasteiger partial charge in [-0.2, -0.15) is 5.10 Å². The Morgan fingerprint density at radius 3 is 2.42 bits per heavy atom. The van der Waals surface area contributed by atoms with Crippen LogP contribution in [-0.4, -0.2) is 26.0 Å². The van der Waals surface area contributed by atoms with Gasteiger partial charge in [-0.1, -0.05) is 48.9 Å². The molecule has 4 rings (SSSR count). The number of hydrogen-bond donors (Lipinski definition) is 1. The Morgan fingerprint density at radius 2 is 1.79 bits per heavy atom. The molecule has 2 aromatic heterocycles. The zero-order chi connectivity index (χ0) is 23.7. The van der Waals surface area contributed by atoms with Crippen LogP contribution < -0.4 is 11.3 Å². The van der Waals surface area contributed by atoms with Gasteiger partial charge in [0.05, 0.1) is 17.9 Å². The van der Waals surface area contributed by atoms with Crippen LogP contribution in [0.2, 0.25) is 5.02 Å². The Kier molecular flexibility index (Phi) is 6.16. The monoisotopic (exact) mass is 462 g/mol. The van der Waals surface area contributed by atoms with Crippen LogP contribution in [0.1, 0.15) is 46.4 Å². The summed E-state index contributed by atoms with van der Waals surface area (Å²) in [6, 6.07) is 16.0. The third-order valence-corrected chi connectivity index (χ3v) is 5.77. The highest BCUT2D eigenvalue weighted by Gasteiger charge is 2.24. The molecule has 8 heteroatoms. The Balaban J connectivity index is 2.08. The predicted molar refractivity (Wildman–Crippen MR) is 129 cm³/mol. The number of nitrogens with zero attached hydrogens (tertiary/aromatic N) is 3. The molecular weight excluding hydrogens is 440 g/mol. The molecule has 0 bridgehead atoms. The van der Waals surface area contributed by atoms with Crippen LogP contribution >= 0.6 is 11.6 Å². The Hall–Kier alpha value is -3.71. The molecule has 7 nitrogen and oxygen atoms in total. The van der Waals surface area contributed by atoms with Crippen molar-refractivity contribution in [3.8, 4) is 11.1 Å². The van der Waals surface area contributed by atoms with E-state index in [4.69, 9.17) is 17.3 Å². The summed E-state index contributed by atoms with van der Waals surface area (Å²) in [6.45, 7) is 1.93. The molecule has 1 amide bonds. The minimum atomic E-state index is -0.621. The lowest BCUT2D eigenvalue weighted by Gasteiger charge is -2.19. The van der Waals surface area contributed by atoms with E-state index in [0.717, 1.165) is 5.56 Å². The molecule has 33 heavy (non-hydrogen) atoms. The molecule has 0 radical (unpaired) electrons. The van der Waals surface area contributed by atoms with Gasteiger partial charge in [-0.15, -0.1) is 0 Å². The number of ketones is 1. The zero-order valence-corrected chi connectivity index (χ0v) is 19.1. The van der Waals surface area contributed by atoms with Crippen molar-refractivity contribution in [2.24, 2.45) is 12.8 Å². The van der Waals surface area contributed by atoms with Crippen molar-refractivity contribution in [1.82, 2.24) is 14.3 Å². The fraction of sp³-hybridized carbons (Fsp3) is 0.200. The van der Waals surface area contributed by atoms with Crippen molar-refractivity contribution in [1.29, 1.82) is 0 Å². The number of fused-ring (bicyclic) bond motifs is 1. The molecule has 0 saturated carbocycles. The first kappa shape index (κ1) is 22.5. The molecule has 0 spiro atoms. The van der Waals surface area contributed by atoms with Gasteiger partial charge in [-0.3, -0.25) is 23.6 Å². The number of halogens is 1. The number of aryl methyl sites for hydroxylation is 1. The second-order valence-electron chi connectivity index (χ2n) is 7.85. The maximum atomic E-state index is 13.6. The second kappa shape index (κ2) is 9.03. The molecule has 0 fully saturated rings. The van der Waals surface area contributed by atoms with Gasteiger partial charge >= 0.3 is 0 Å². The van der Waals surface area contributed by atoms with Crippen LogP contribution in [0.15, 0.2) is 59.4 Å². The summed E-state index contributed by atoms with van der Waals surface area (Å²) < 4.78 is 2.82. The van der Waals surface area contributed by atoms with Gasteiger partial charge in [0.25, 0.3) is 11.5 Å². The van der Waals surface area contributed by atoms with E-state index in [0.29, 0.717) is 39.2 Å². The van der Waals surface area contributed by atoms with E-state index in [1.807, 2.05) is 37.3 Å². The number of carbonyl (C=O) groups excluding carboxylic acids is 2. The lowest BCUT2D eigenvalue weighted by Crippen LogP contribution is -2.28. The molecular formula is C25H23ClN4O3. The number of benzene rings is 2. The maximum absolute atomic E-state index is 13.6. The van der Waals surface area contributed by atoms with Crippen molar-refractivity contribution in [3.63, 3.8) is 0 Å². The van der Waals surface area contributed by atoms with Gasteiger partial charge < -0.3 is 5.73 Å². The summed E-state index contributed by atoms with van der Waals surface area (Å²) in [5.74, 6) is -0.773. The van der Waals surface area contributed by atoms with Crippen LogP contribution in [0.4, 0.5) is 0 Å². The second-order valence-corrected chi connectivity index (χ2v) is 8.29. The van der Waals surface area contributed by atoms with Crippen molar-refractivity contribution >= 4 is 34.1 Å².